The van der Waals surface area contributed by atoms with E-state index in [-0.39, 0.29) is 5.25 Å². The van der Waals surface area contributed by atoms with Crippen molar-refractivity contribution in [3.8, 4) is 0 Å². The number of rotatable bonds is 8. The molecule has 1 aliphatic rings. The minimum atomic E-state index is 0.0406. The predicted molar refractivity (Wildman–Crippen MR) is 100 cm³/mol. The molecule has 26 heavy (non-hydrogen) atoms. The SMILES string of the molecule is CCCc1noc(C(C)Sc2nnc(C3CC3)n2Cc2ccccc2)n1. The molecule has 0 radical (unpaired) electrons. The summed E-state index contributed by atoms with van der Waals surface area (Å²) in [6.45, 7) is 4.98. The molecule has 0 amide bonds. The highest BCUT2D eigenvalue weighted by Gasteiger charge is 2.31. The molecular weight excluding hydrogens is 346 g/mol. The summed E-state index contributed by atoms with van der Waals surface area (Å²) in [6.07, 6.45) is 4.27. The van der Waals surface area contributed by atoms with E-state index in [2.05, 4.69) is 63.0 Å². The summed E-state index contributed by atoms with van der Waals surface area (Å²) >= 11 is 1.63. The molecule has 3 aromatic rings. The van der Waals surface area contributed by atoms with Crippen LogP contribution < -0.4 is 0 Å². The number of aryl methyl sites for hydroxylation is 1. The molecule has 1 saturated carbocycles. The van der Waals surface area contributed by atoms with E-state index >= 15 is 0 Å². The Balaban J connectivity index is 1.55. The Bertz CT molecular complexity index is 856. The Morgan fingerprint density at radius 1 is 1.23 bits per heavy atom. The summed E-state index contributed by atoms with van der Waals surface area (Å²) in [5, 5.41) is 14.0. The average Bonchev–Trinajstić information content (AvgIpc) is 3.26. The molecule has 6 nitrogen and oxygen atoms in total. The molecule has 1 fully saturated rings. The highest BCUT2D eigenvalue weighted by Crippen LogP contribution is 2.41. The first kappa shape index (κ1) is 17.3. The van der Waals surface area contributed by atoms with Crippen molar-refractivity contribution in [2.24, 2.45) is 0 Å². The lowest BCUT2D eigenvalue weighted by Crippen LogP contribution is -2.06. The van der Waals surface area contributed by atoms with E-state index in [0.29, 0.717) is 11.8 Å². The zero-order valence-electron chi connectivity index (χ0n) is 15.1. The maximum absolute atomic E-state index is 5.44. The summed E-state index contributed by atoms with van der Waals surface area (Å²) in [7, 11) is 0. The molecule has 0 aliphatic heterocycles. The third-order valence-corrected chi connectivity index (χ3v) is 5.53. The Hall–Kier alpha value is -2.15. The quantitative estimate of drug-likeness (QED) is 0.548. The fourth-order valence-electron chi connectivity index (χ4n) is 2.91. The van der Waals surface area contributed by atoms with Gasteiger partial charge < -0.3 is 9.09 Å². The molecule has 4 rings (SSSR count). The standard InChI is InChI=1S/C19H23N5OS/c1-3-7-16-20-18(25-23-16)13(2)26-19-22-21-17(15-10-11-15)24(19)12-14-8-5-4-6-9-14/h4-6,8-9,13,15H,3,7,10-12H2,1-2H3. The van der Waals surface area contributed by atoms with Crippen molar-refractivity contribution in [3.05, 3.63) is 53.4 Å². The van der Waals surface area contributed by atoms with Crippen LogP contribution in [0.1, 0.15) is 67.4 Å². The van der Waals surface area contributed by atoms with Crippen molar-refractivity contribution in [1.82, 2.24) is 24.9 Å². The lowest BCUT2D eigenvalue weighted by atomic mass is 10.2. The first-order valence-electron chi connectivity index (χ1n) is 9.20. The summed E-state index contributed by atoms with van der Waals surface area (Å²) in [5.74, 6) is 3.08. The molecule has 0 N–H and O–H groups in total. The van der Waals surface area contributed by atoms with Crippen LogP contribution in [-0.2, 0) is 13.0 Å². The van der Waals surface area contributed by atoms with E-state index in [1.807, 2.05) is 6.07 Å². The maximum Gasteiger partial charge on any atom is 0.239 e. The van der Waals surface area contributed by atoms with Crippen molar-refractivity contribution >= 4 is 11.8 Å². The summed E-state index contributed by atoms with van der Waals surface area (Å²) < 4.78 is 7.68. The third-order valence-electron chi connectivity index (χ3n) is 4.46. The first-order valence-corrected chi connectivity index (χ1v) is 10.1. The maximum atomic E-state index is 5.44. The summed E-state index contributed by atoms with van der Waals surface area (Å²) in [5.41, 5.74) is 1.26. The van der Waals surface area contributed by atoms with E-state index in [9.17, 15) is 0 Å². The van der Waals surface area contributed by atoms with E-state index in [0.717, 1.165) is 36.2 Å². The highest BCUT2D eigenvalue weighted by molar-refractivity contribution is 7.99. The fourth-order valence-corrected chi connectivity index (χ4v) is 3.80. The number of hydrogen-bond donors (Lipinski definition) is 0. The lowest BCUT2D eigenvalue weighted by molar-refractivity contribution is 0.374. The van der Waals surface area contributed by atoms with Gasteiger partial charge in [-0.05, 0) is 31.7 Å². The van der Waals surface area contributed by atoms with Gasteiger partial charge in [0.25, 0.3) is 0 Å². The fraction of sp³-hybridized carbons (Fsp3) is 0.474. The number of aromatic nitrogens is 5. The summed E-state index contributed by atoms with van der Waals surface area (Å²) in [6, 6.07) is 10.5. The van der Waals surface area contributed by atoms with Crippen LogP contribution in [-0.4, -0.2) is 24.9 Å². The van der Waals surface area contributed by atoms with Crippen molar-refractivity contribution in [2.75, 3.05) is 0 Å². The zero-order valence-corrected chi connectivity index (χ0v) is 15.9. The van der Waals surface area contributed by atoms with Gasteiger partial charge >= 0.3 is 0 Å². The molecule has 136 valence electrons. The van der Waals surface area contributed by atoms with E-state index in [1.165, 1.54) is 18.4 Å². The Morgan fingerprint density at radius 3 is 2.77 bits per heavy atom. The van der Waals surface area contributed by atoms with Crippen molar-refractivity contribution < 1.29 is 4.52 Å². The molecule has 1 atom stereocenters. The largest absolute Gasteiger partial charge is 0.338 e. The Morgan fingerprint density at radius 2 is 2.04 bits per heavy atom. The molecule has 1 unspecified atom stereocenters. The molecule has 0 bridgehead atoms. The van der Waals surface area contributed by atoms with Crippen LogP contribution in [0.4, 0.5) is 0 Å². The van der Waals surface area contributed by atoms with Gasteiger partial charge in [-0.3, -0.25) is 0 Å². The van der Waals surface area contributed by atoms with E-state index in [1.54, 1.807) is 11.8 Å². The molecule has 2 heterocycles. The highest BCUT2D eigenvalue weighted by atomic mass is 32.2. The van der Waals surface area contributed by atoms with Gasteiger partial charge in [-0.25, -0.2) is 0 Å². The second-order valence-corrected chi connectivity index (χ2v) is 8.05. The minimum Gasteiger partial charge on any atom is -0.338 e. The molecule has 0 saturated heterocycles. The van der Waals surface area contributed by atoms with Gasteiger partial charge in [0.1, 0.15) is 5.82 Å². The van der Waals surface area contributed by atoms with Crippen molar-refractivity contribution in [2.45, 2.75) is 62.4 Å². The normalized spacial score (nSPS) is 15.3. The van der Waals surface area contributed by atoms with Gasteiger partial charge in [0.15, 0.2) is 11.0 Å². The van der Waals surface area contributed by atoms with Crippen molar-refractivity contribution in [1.29, 1.82) is 0 Å². The van der Waals surface area contributed by atoms with Crippen LogP contribution in [0.3, 0.4) is 0 Å². The molecule has 0 spiro atoms. The third kappa shape index (κ3) is 3.82. The second-order valence-electron chi connectivity index (χ2n) is 6.75. The van der Waals surface area contributed by atoms with Gasteiger partial charge in [-0.15, -0.1) is 10.2 Å². The number of benzene rings is 1. The predicted octanol–water partition coefficient (Wildman–Crippen LogP) is 4.39. The topological polar surface area (TPSA) is 69.6 Å². The van der Waals surface area contributed by atoms with E-state index < -0.39 is 0 Å². The molecule has 2 aromatic heterocycles. The lowest BCUT2D eigenvalue weighted by Gasteiger charge is -2.11. The molecular formula is C19H23N5OS. The smallest absolute Gasteiger partial charge is 0.239 e. The Kier molecular flexibility index (Phi) is 5.06. The van der Waals surface area contributed by atoms with Crippen LogP contribution in [0.25, 0.3) is 0 Å². The first-order chi connectivity index (χ1) is 12.7. The van der Waals surface area contributed by atoms with Crippen LogP contribution in [0.2, 0.25) is 0 Å². The van der Waals surface area contributed by atoms with Crippen LogP contribution in [0, 0.1) is 0 Å². The van der Waals surface area contributed by atoms with Gasteiger partial charge in [0, 0.05) is 12.3 Å². The molecule has 7 heteroatoms. The number of thioether (sulfide) groups is 1. The van der Waals surface area contributed by atoms with Crippen LogP contribution >= 0.6 is 11.8 Å². The summed E-state index contributed by atoms with van der Waals surface area (Å²) in [4.78, 5) is 4.51. The van der Waals surface area contributed by atoms with Crippen LogP contribution in [0.5, 0.6) is 0 Å². The van der Waals surface area contributed by atoms with Gasteiger partial charge in [-0.1, -0.05) is 54.2 Å². The number of hydrogen-bond acceptors (Lipinski definition) is 6. The average molecular weight is 369 g/mol. The van der Waals surface area contributed by atoms with Gasteiger partial charge in [0.2, 0.25) is 5.89 Å². The molecule has 1 aromatic carbocycles. The number of nitrogens with zero attached hydrogens (tertiary/aromatic N) is 5. The van der Waals surface area contributed by atoms with Crippen molar-refractivity contribution in [3.63, 3.8) is 0 Å². The van der Waals surface area contributed by atoms with Gasteiger partial charge in [0.05, 0.1) is 11.8 Å². The zero-order chi connectivity index (χ0) is 17.9. The Labute approximate surface area is 157 Å². The van der Waals surface area contributed by atoms with Gasteiger partial charge in [-0.2, -0.15) is 4.98 Å². The molecule has 1 aliphatic carbocycles. The second kappa shape index (κ2) is 7.61. The van der Waals surface area contributed by atoms with E-state index in [4.69, 9.17) is 4.52 Å². The monoisotopic (exact) mass is 369 g/mol. The minimum absolute atomic E-state index is 0.0406. The van der Waals surface area contributed by atoms with Crippen LogP contribution in [0.15, 0.2) is 40.0 Å².